The van der Waals surface area contributed by atoms with Gasteiger partial charge in [-0.15, -0.1) is 0 Å². The van der Waals surface area contributed by atoms with E-state index in [1.54, 1.807) is 63.2 Å². The van der Waals surface area contributed by atoms with Crippen LogP contribution < -0.4 is 4.74 Å². The summed E-state index contributed by atoms with van der Waals surface area (Å²) in [6.45, 7) is 5.08. The number of alkyl halides is 3. The predicted octanol–water partition coefficient (Wildman–Crippen LogP) is 5.88. The van der Waals surface area contributed by atoms with Gasteiger partial charge in [-0.25, -0.2) is 4.79 Å². The zero-order chi connectivity index (χ0) is 24.9. The maximum atomic E-state index is 13.5. The minimum absolute atomic E-state index is 0.0974. The third-order valence-corrected chi connectivity index (χ3v) is 5.24. The number of hydrogen-bond acceptors (Lipinski definition) is 4. The molecule has 0 aliphatic carbocycles. The first-order valence-corrected chi connectivity index (χ1v) is 11.1. The van der Waals surface area contributed by atoms with Crippen molar-refractivity contribution in [1.82, 2.24) is 9.80 Å². The van der Waals surface area contributed by atoms with E-state index in [2.05, 4.69) is 0 Å². The Kier molecular flexibility index (Phi) is 7.74. The third kappa shape index (κ3) is 7.13. The van der Waals surface area contributed by atoms with E-state index < -0.39 is 42.8 Å². The second kappa shape index (κ2) is 10.4. The first-order chi connectivity index (χ1) is 15.9. The van der Waals surface area contributed by atoms with Crippen molar-refractivity contribution in [3.63, 3.8) is 0 Å². The molecule has 1 saturated heterocycles. The van der Waals surface area contributed by atoms with Crippen LogP contribution in [0.3, 0.4) is 0 Å². The lowest BCUT2D eigenvalue weighted by molar-refractivity contribution is -0.137. The summed E-state index contributed by atoms with van der Waals surface area (Å²) in [5, 5.41) is 0. The van der Waals surface area contributed by atoms with Gasteiger partial charge in [-0.2, -0.15) is 13.2 Å². The van der Waals surface area contributed by atoms with E-state index in [-0.39, 0.29) is 24.4 Å². The van der Waals surface area contributed by atoms with Crippen LogP contribution in [-0.4, -0.2) is 59.3 Å². The average Bonchev–Trinajstić information content (AvgIpc) is 3.23. The zero-order valence-corrected chi connectivity index (χ0v) is 19.5. The van der Waals surface area contributed by atoms with E-state index >= 15 is 0 Å². The van der Waals surface area contributed by atoms with Gasteiger partial charge in [0.25, 0.3) is 5.91 Å². The van der Waals surface area contributed by atoms with Gasteiger partial charge in [-0.05, 0) is 51.5 Å². The van der Waals surface area contributed by atoms with Crippen molar-refractivity contribution >= 4 is 12.0 Å². The number of benzene rings is 2. The monoisotopic (exact) mass is 478 g/mol. The summed E-state index contributed by atoms with van der Waals surface area (Å²) in [5.41, 5.74) is -0.543. The smallest absolute Gasteiger partial charge is 0.410 e. The minimum Gasteiger partial charge on any atom is -0.457 e. The SMILES string of the molecule is CC(C)(C)OC(=O)N1CC[C@H](N(CCC(F)(F)F)C(=O)c2ccccc2Oc2ccccc2)C1. The van der Waals surface area contributed by atoms with E-state index in [9.17, 15) is 22.8 Å². The molecule has 0 spiro atoms. The molecule has 9 heteroatoms. The maximum absolute atomic E-state index is 13.5. The van der Waals surface area contributed by atoms with Gasteiger partial charge in [0.15, 0.2) is 0 Å². The molecule has 1 heterocycles. The topological polar surface area (TPSA) is 59.1 Å². The molecule has 0 unspecified atom stereocenters. The number of carbonyl (C=O) groups is 2. The number of halogens is 3. The second-order valence-corrected chi connectivity index (χ2v) is 9.14. The molecule has 2 aromatic carbocycles. The minimum atomic E-state index is -4.43. The summed E-state index contributed by atoms with van der Waals surface area (Å²) in [4.78, 5) is 28.6. The van der Waals surface area contributed by atoms with Gasteiger partial charge in [0.2, 0.25) is 0 Å². The molecule has 0 bridgehead atoms. The van der Waals surface area contributed by atoms with Crippen LogP contribution in [0.2, 0.25) is 0 Å². The molecule has 3 rings (SSSR count). The highest BCUT2D eigenvalue weighted by atomic mass is 19.4. The summed E-state index contributed by atoms with van der Waals surface area (Å²) in [6, 6.07) is 14.7. The molecule has 1 fully saturated rings. The fraction of sp³-hybridized carbons (Fsp3) is 0.440. The van der Waals surface area contributed by atoms with Crippen molar-refractivity contribution in [3.8, 4) is 11.5 Å². The molecule has 2 amide bonds. The predicted molar refractivity (Wildman–Crippen MR) is 121 cm³/mol. The summed E-state index contributed by atoms with van der Waals surface area (Å²) in [7, 11) is 0. The van der Waals surface area contributed by atoms with Crippen molar-refractivity contribution in [2.75, 3.05) is 19.6 Å². The van der Waals surface area contributed by atoms with Crippen LogP contribution in [0.25, 0.3) is 0 Å². The van der Waals surface area contributed by atoms with Gasteiger partial charge >= 0.3 is 12.3 Å². The number of carbonyl (C=O) groups excluding carboxylic acids is 2. The van der Waals surface area contributed by atoms with E-state index in [0.29, 0.717) is 12.2 Å². The number of hydrogen-bond donors (Lipinski definition) is 0. The van der Waals surface area contributed by atoms with Crippen molar-refractivity contribution in [3.05, 3.63) is 60.2 Å². The van der Waals surface area contributed by atoms with Crippen LogP contribution in [0.1, 0.15) is 44.0 Å². The first kappa shape index (κ1) is 25.4. The van der Waals surface area contributed by atoms with Crippen molar-refractivity contribution in [1.29, 1.82) is 0 Å². The number of nitrogens with zero attached hydrogens (tertiary/aromatic N) is 2. The fourth-order valence-corrected chi connectivity index (χ4v) is 3.69. The molecule has 0 radical (unpaired) electrons. The van der Waals surface area contributed by atoms with Crippen LogP contribution in [0, 0.1) is 0 Å². The Morgan fingerprint density at radius 2 is 1.68 bits per heavy atom. The van der Waals surface area contributed by atoms with E-state index in [1.165, 1.54) is 15.9 Å². The lowest BCUT2D eigenvalue weighted by Crippen LogP contribution is -2.45. The summed E-state index contributed by atoms with van der Waals surface area (Å²) in [6.07, 6.45) is -5.78. The molecule has 0 aromatic heterocycles. The Balaban J connectivity index is 1.83. The van der Waals surface area contributed by atoms with Crippen molar-refractivity contribution in [2.24, 2.45) is 0 Å². The Morgan fingerprint density at radius 3 is 2.32 bits per heavy atom. The lowest BCUT2D eigenvalue weighted by atomic mass is 10.1. The Hall–Kier alpha value is -3.23. The number of amides is 2. The molecule has 2 aromatic rings. The largest absolute Gasteiger partial charge is 0.457 e. The first-order valence-electron chi connectivity index (χ1n) is 11.1. The molecule has 0 saturated carbocycles. The summed E-state index contributed by atoms with van der Waals surface area (Å²) < 4.78 is 50.5. The van der Waals surface area contributed by atoms with E-state index in [0.717, 1.165) is 0 Å². The van der Waals surface area contributed by atoms with Gasteiger partial charge in [-0.1, -0.05) is 30.3 Å². The fourth-order valence-electron chi connectivity index (χ4n) is 3.69. The molecule has 0 N–H and O–H groups in total. The summed E-state index contributed by atoms with van der Waals surface area (Å²) >= 11 is 0. The standard InChI is InChI=1S/C25H29F3N2O4/c1-24(2,3)34-23(32)29-15-13-18(17-29)30(16-14-25(26,27)28)22(31)20-11-7-8-12-21(20)33-19-9-5-4-6-10-19/h4-12,18H,13-17H2,1-3H3/t18-/m0/s1. The second-order valence-electron chi connectivity index (χ2n) is 9.14. The Bertz CT molecular complexity index is 990. The van der Waals surface area contributed by atoms with E-state index in [1.807, 2.05) is 6.07 Å². The highest BCUT2D eigenvalue weighted by Gasteiger charge is 2.38. The molecule has 1 atom stereocenters. The Morgan fingerprint density at radius 1 is 1.03 bits per heavy atom. The van der Waals surface area contributed by atoms with Gasteiger partial charge in [-0.3, -0.25) is 4.79 Å². The van der Waals surface area contributed by atoms with Crippen molar-refractivity contribution in [2.45, 2.75) is 51.4 Å². The van der Waals surface area contributed by atoms with Gasteiger partial charge in [0.1, 0.15) is 17.1 Å². The van der Waals surface area contributed by atoms with Crippen LogP contribution in [0.5, 0.6) is 11.5 Å². The third-order valence-electron chi connectivity index (χ3n) is 5.24. The lowest BCUT2D eigenvalue weighted by Gasteiger charge is -2.30. The van der Waals surface area contributed by atoms with Gasteiger partial charge in [0, 0.05) is 19.6 Å². The highest BCUT2D eigenvalue weighted by molar-refractivity contribution is 5.97. The maximum Gasteiger partial charge on any atom is 0.410 e. The van der Waals surface area contributed by atoms with Crippen LogP contribution in [0.4, 0.5) is 18.0 Å². The molecule has 6 nitrogen and oxygen atoms in total. The summed E-state index contributed by atoms with van der Waals surface area (Å²) in [5.74, 6) is 0.172. The molecule has 1 aliphatic heterocycles. The van der Waals surface area contributed by atoms with Crippen LogP contribution >= 0.6 is 0 Å². The van der Waals surface area contributed by atoms with E-state index in [4.69, 9.17) is 9.47 Å². The molecule has 1 aliphatic rings. The normalized spacial score (nSPS) is 16.3. The zero-order valence-electron chi connectivity index (χ0n) is 19.5. The quantitative estimate of drug-likeness (QED) is 0.520. The van der Waals surface area contributed by atoms with Crippen LogP contribution in [-0.2, 0) is 4.74 Å². The molecular formula is C25H29F3N2O4. The molecule has 184 valence electrons. The molecule has 34 heavy (non-hydrogen) atoms. The average molecular weight is 479 g/mol. The van der Waals surface area contributed by atoms with Gasteiger partial charge < -0.3 is 19.3 Å². The number of para-hydroxylation sites is 2. The van der Waals surface area contributed by atoms with Crippen molar-refractivity contribution < 1.29 is 32.2 Å². The number of ether oxygens (including phenoxy) is 2. The Labute approximate surface area is 197 Å². The van der Waals surface area contributed by atoms with Gasteiger partial charge in [0.05, 0.1) is 18.0 Å². The highest BCUT2D eigenvalue weighted by Crippen LogP contribution is 2.30. The molecular weight excluding hydrogens is 449 g/mol. The van der Waals surface area contributed by atoms with Crippen LogP contribution in [0.15, 0.2) is 54.6 Å². The number of likely N-dealkylation sites (tertiary alicyclic amines) is 1. The number of rotatable bonds is 6.